The predicted molar refractivity (Wildman–Crippen MR) is 214 cm³/mol. The van der Waals surface area contributed by atoms with Crippen LogP contribution in [0.25, 0.3) is 22.5 Å². The van der Waals surface area contributed by atoms with Gasteiger partial charge in [0.25, 0.3) is 11.8 Å². The first-order valence-corrected chi connectivity index (χ1v) is 20.2. The van der Waals surface area contributed by atoms with Crippen molar-refractivity contribution >= 4 is 120 Å². The number of carboxylic acid groups (broad SMARTS) is 2. The van der Waals surface area contributed by atoms with Crippen molar-refractivity contribution in [3.8, 4) is 22.5 Å². The molecule has 6 atom stereocenters. The predicted octanol–water partition coefficient (Wildman–Crippen LogP) is 2.05. The van der Waals surface area contributed by atoms with Crippen molar-refractivity contribution in [3.63, 3.8) is 0 Å². The number of aliphatic carboxylic acids is 2. The van der Waals surface area contributed by atoms with E-state index in [9.17, 15) is 39.0 Å². The van der Waals surface area contributed by atoms with Crippen LogP contribution in [0.4, 0.5) is 0 Å². The maximum atomic E-state index is 13.0. The number of carboxylic acids is 2. The summed E-state index contributed by atoms with van der Waals surface area (Å²) in [5.74, 6) is -4.02. The van der Waals surface area contributed by atoms with Gasteiger partial charge in [-0.2, -0.15) is 0 Å². The number of aryl methyl sites for hydroxylation is 2. The monoisotopic (exact) mass is 908 g/mol. The van der Waals surface area contributed by atoms with Gasteiger partial charge in [0.05, 0.1) is 34.1 Å². The molecular weight excluding hydrogens is 876 g/mol. The molecule has 0 spiro atoms. The number of aromatic nitrogens is 2. The minimum absolute atomic E-state index is 0. The number of nitrogens with one attached hydrogen (secondary N) is 2. The molecule has 16 nitrogen and oxygen atoms in total. The van der Waals surface area contributed by atoms with Crippen molar-refractivity contribution in [1.29, 1.82) is 0 Å². The molecule has 304 valence electrons. The zero-order valence-electron chi connectivity index (χ0n) is 32.2. The number of fused-ring (bicyclic) bond motifs is 2. The van der Waals surface area contributed by atoms with E-state index in [4.69, 9.17) is 32.2 Å². The number of carbonyl (C=O) groups excluding carboxylic acids is 6. The van der Waals surface area contributed by atoms with Gasteiger partial charge in [0.2, 0.25) is 11.8 Å². The van der Waals surface area contributed by atoms with E-state index in [1.165, 1.54) is 33.3 Å². The molecule has 4 amide bonds. The van der Waals surface area contributed by atoms with E-state index in [1.54, 1.807) is 90.1 Å². The van der Waals surface area contributed by atoms with E-state index in [-0.39, 0.29) is 71.8 Å². The van der Waals surface area contributed by atoms with Crippen molar-refractivity contribution in [2.24, 2.45) is 0 Å². The normalized spacial score (nSPS) is 24.3. The number of β-lactam (4-membered cyclic amide) rings is 2. The molecule has 0 unspecified atom stereocenters. The Kier molecular flexibility index (Phi) is 12.6. The van der Waals surface area contributed by atoms with Gasteiger partial charge in [-0.15, -0.1) is 23.5 Å². The van der Waals surface area contributed by atoms with Crippen LogP contribution < -0.4 is 20.8 Å². The number of hydrogen-bond donors (Lipinski definition) is 2. The van der Waals surface area contributed by atoms with Crippen LogP contribution in [0.2, 0.25) is 10.0 Å². The van der Waals surface area contributed by atoms with E-state index in [0.717, 1.165) is 0 Å². The number of hydrogen-bond acceptors (Lipinski definition) is 14. The average Bonchev–Trinajstić information content (AvgIpc) is 3.87. The van der Waals surface area contributed by atoms with E-state index < -0.39 is 80.0 Å². The first-order chi connectivity index (χ1) is 27.3. The van der Waals surface area contributed by atoms with Crippen LogP contribution in [0.5, 0.6) is 0 Å². The third-order valence-electron chi connectivity index (χ3n) is 10.3. The number of benzene rings is 2. The Balaban J connectivity index is 0.000000195. The van der Waals surface area contributed by atoms with E-state index in [1.807, 2.05) is 0 Å². The van der Waals surface area contributed by atoms with Crippen LogP contribution in [0, 0.1) is 13.8 Å². The number of halogens is 2. The van der Waals surface area contributed by atoms with Crippen molar-refractivity contribution < 1.29 is 48.0 Å². The molecule has 4 fully saturated rings. The van der Waals surface area contributed by atoms with E-state index >= 15 is 0 Å². The summed E-state index contributed by atoms with van der Waals surface area (Å²) >= 11 is 15.1. The second-order valence-corrected chi connectivity index (χ2v) is 19.3. The van der Waals surface area contributed by atoms with Crippen LogP contribution in [-0.2, 0) is 19.2 Å². The molecule has 0 saturated carbocycles. The van der Waals surface area contributed by atoms with E-state index in [0.29, 0.717) is 21.2 Å². The van der Waals surface area contributed by atoms with Gasteiger partial charge < -0.3 is 49.3 Å². The van der Waals surface area contributed by atoms with Crippen molar-refractivity contribution in [2.75, 3.05) is 0 Å². The second-order valence-electron chi connectivity index (χ2n) is 14.9. The summed E-state index contributed by atoms with van der Waals surface area (Å²) in [5, 5.41) is 36.2. The maximum absolute atomic E-state index is 13.0. The SMILES string of the molecule is Cc1onc(-c2ccccc2Cl)c1C(=O)N[C@@H]1C(=O)N2[C@@H]1SC(C)(C)[C@@H]2C(=O)[O-].Cc1onc(-c2ccccc2Cl)c1C(=O)N[C@@H]1C(=O)N2[C@@H]1SC(C)(C)[C@@H]2C(=O)[O-].[Ca+2]. The Bertz CT molecular complexity index is 2240. The first-order valence-electron chi connectivity index (χ1n) is 17.7. The molecule has 0 radical (unpaired) electrons. The molecule has 2 N–H and O–H groups in total. The van der Waals surface area contributed by atoms with Crippen molar-refractivity contribution in [2.45, 2.75) is 86.0 Å². The van der Waals surface area contributed by atoms with Crippen molar-refractivity contribution in [1.82, 2.24) is 30.7 Å². The smallest absolute Gasteiger partial charge is 0.548 e. The van der Waals surface area contributed by atoms with Crippen LogP contribution in [-0.4, -0.2) is 138 Å². The van der Waals surface area contributed by atoms with Crippen molar-refractivity contribution in [3.05, 3.63) is 81.2 Å². The van der Waals surface area contributed by atoms with Gasteiger partial charge in [-0.1, -0.05) is 69.9 Å². The Labute approximate surface area is 385 Å². The molecular formula is C38H34CaCl2N6O10S2. The first kappa shape index (κ1) is 44.8. The average molecular weight is 910 g/mol. The third kappa shape index (κ3) is 7.74. The molecule has 4 saturated heterocycles. The summed E-state index contributed by atoms with van der Waals surface area (Å²) in [5.41, 5.74) is 1.99. The standard InChI is InChI=1S/2C19H18ClN3O5S.Ca/c2*1-8-11(12(22-28-8)9-6-4-5-7-10(9)20)15(24)21-13-16(25)23-14(18(26)27)19(2,3)29-17(13)23;/h2*4-7,13-14,17H,1-3H3,(H,21,24)(H,26,27);/q;;+2/p-2/t2*13-,14+,17-;/m11./s1. The summed E-state index contributed by atoms with van der Waals surface area (Å²) < 4.78 is 8.94. The summed E-state index contributed by atoms with van der Waals surface area (Å²) in [6.07, 6.45) is 0. The molecule has 2 aromatic heterocycles. The minimum atomic E-state index is -1.31. The van der Waals surface area contributed by atoms with Gasteiger partial charge in [0.15, 0.2) is 0 Å². The number of rotatable bonds is 8. The van der Waals surface area contributed by atoms with Crippen LogP contribution in [0.15, 0.2) is 57.6 Å². The number of nitrogens with zero attached hydrogens (tertiary/aromatic N) is 4. The Hall–Kier alpha value is -3.78. The summed E-state index contributed by atoms with van der Waals surface area (Å²) in [6, 6.07) is 10.0. The fourth-order valence-electron chi connectivity index (χ4n) is 7.63. The number of amides is 4. The largest absolute Gasteiger partial charge is 2.00 e. The Morgan fingerprint density at radius 2 is 1.02 bits per heavy atom. The molecule has 0 bridgehead atoms. The molecule has 4 aliphatic rings. The molecule has 4 aromatic rings. The van der Waals surface area contributed by atoms with Gasteiger partial charge in [0, 0.05) is 20.6 Å². The van der Waals surface area contributed by atoms with Gasteiger partial charge in [0.1, 0.15) is 56.9 Å². The van der Waals surface area contributed by atoms with Gasteiger partial charge in [-0.05, 0) is 53.7 Å². The zero-order valence-corrected chi connectivity index (χ0v) is 37.6. The fraction of sp³-hybridized carbons (Fsp3) is 0.368. The van der Waals surface area contributed by atoms with Crippen LogP contribution >= 0.6 is 46.7 Å². The number of carbonyl (C=O) groups is 6. The molecule has 6 heterocycles. The van der Waals surface area contributed by atoms with Crippen LogP contribution in [0.1, 0.15) is 59.9 Å². The Morgan fingerprint density at radius 1 is 0.678 bits per heavy atom. The minimum Gasteiger partial charge on any atom is -0.548 e. The summed E-state index contributed by atoms with van der Waals surface area (Å²) in [4.78, 5) is 76.7. The number of thioether (sulfide) groups is 2. The molecule has 4 aliphatic heterocycles. The van der Waals surface area contributed by atoms with Gasteiger partial charge >= 0.3 is 37.7 Å². The van der Waals surface area contributed by atoms with E-state index in [2.05, 4.69) is 20.9 Å². The fourth-order valence-corrected chi connectivity index (χ4v) is 11.3. The molecule has 0 aliphatic carbocycles. The third-order valence-corrected chi connectivity index (χ3v) is 14.1. The Morgan fingerprint density at radius 3 is 1.34 bits per heavy atom. The molecule has 2 aromatic carbocycles. The molecule has 59 heavy (non-hydrogen) atoms. The maximum Gasteiger partial charge on any atom is 2.00 e. The van der Waals surface area contributed by atoms with Crippen LogP contribution in [0.3, 0.4) is 0 Å². The summed E-state index contributed by atoms with van der Waals surface area (Å²) in [7, 11) is 0. The van der Waals surface area contributed by atoms with Gasteiger partial charge in [-0.3, -0.25) is 19.2 Å². The van der Waals surface area contributed by atoms with Gasteiger partial charge in [-0.25, -0.2) is 0 Å². The molecule has 8 rings (SSSR count). The zero-order chi connectivity index (χ0) is 42.2. The quantitative estimate of drug-likeness (QED) is 0.191. The molecule has 21 heteroatoms. The summed E-state index contributed by atoms with van der Waals surface area (Å²) in [6.45, 7) is 10.1. The second kappa shape index (κ2) is 16.6. The topological polar surface area (TPSA) is 231 Å².